The molecule has 1 unspecified atom stereocenters. The Hall–Kier alpha value is 0.620. The van der Waals surface area contributed by atoms with Crippen LogP contribution in [-0.2, 0) is 9.47 Å². The molecule has 0 aromatic rings. The Labute approximate surface area is 57.7 Å². The van der Waals surface area contributed by atoms with E-state index in [2.05, 4.69) is 11.7 Å². The number of thiol groups is 1. The molecule has 1 atom stereocenters. The quantitative estimate of drug-likeness (QED) is 0.445. The Balaban J connectivity index is 2.13. The monoisotopic (exact) mass is 152 g/mol. The van der Waals surface area contributed by atoms with Crippen LogP contribution in [0.3, 0.4) is 0 Å². The van der Waals surface area contributed by atoms with Gasteiger partial charge >= 0.3 is 0 Å². The molecular weight excluding hydrogens is 144 g/mol. The van der Waals surface area contributed by atoms with Gasteiger partial charge in [0.1, 0.15) is 5.44 Å². The van der Waals surface area contributed by atoms with Crippen LogP contribution in [0.4, 0.5) is 0 Å². The lowest BCUT2D eigenvalue weighted by molar-refractivity contribution is -0.0492. The second-order valence-electron chi connectivity index (χ2n) is 1.48. The van der Waals surface area contributed by atoms with Crippen LogP contribution in [-0.4, -0.2) is 25.3 Å². The lowest BCUT2D eigenvalue weighted by Crippen LogP contribution is -2.24. The summed E-state index contributed by atoms with van der Waals surface area (Å²) in [5, 5.41) is 0. The molecule has 0 amide bonds. The first-order valence-corrected chi connectivity index (χ1v) is 4.36. The Kier molecular flexibility index (Phi) is 3.04. The van der Waals surface area contributed by atoms with E-state index in [4.69, 9.17) is 9.47 Å². The largest absolute Gasteiger partial charge is 0.375 e. The molecule has 1 rings (SSSR count). The van der Waals surface area contributed by atoms with Crippen LogP contribution in [0.1, 0.15) is 0 Å². The normalized spacial score (nSPS) is 30.4. The number of hydrogen-bond donors (Lipinski definition) is 1. The van der Waals surface area contributed by atoms with Crippen LogP contribution in [0.25, 0.3) is 0 Å². The highest BCUT2D eigenvalue weighted by atomic mass is 33.1. The van der Waals surface area contributed by atoms with Gasteiger partial charge in [0.2, 0.25) is 0 Å². The van der Waals surface area contributed by atoms with E-state index < -0.39 is 0 Å². The smallest absolute Gasteiger partial charge is 0.136 e. The SMILES string of the molecule is SSC1COCCO1. The first-order chi connectivity index (χ1) is 3.93. The zero-order valence-corrected chi connectivity index (χ0v) is 6.08. The fraction of sp³-hybridized carbons (Fsp3) is 1.00. The average molecular weight is 152 g/mol. The van der Waals surface area contributed by atoms with Gasteiger partial charge in [-0.15, -0.1) is 11.7 Å². The minimum atomic E-state index is 0.145. The van der Waals surface area contributed by atoms with E-state index >= 15 is 0 Å². The summed E-state index contributed by atoms with van der Waals surface area (Å²) in [6, 6.07) is 0. The Bertz CT molecular complexity index is 63.1. The van der Waals surface area contributed by atoms with Gasteiger partial charge < -0.3 is 9.47 Å². The van der Waals surface area contributed by atoms with Gasteiger partial charge in [-0.3, -0.25) is 0 Å². The van der Waals surface area contributed by atoms with Crippen molar-refractivity contribution in [1.29, 1.82) is 0 Å². The molecule has 1 aliphatic rings. The Morgan fingerprint density at radius 1 is 1.50 bits per heavy atom. The Morgan fingerprint density at radius 2 is 2.38 bits per heavy atom. The van der Waals surface area contributed by atoms with Crippen LogP contribution in [0, 0.1) is 0 Å². The second-order valence-corrected chi connectivity index (χ2v) is 2.85. The molecule has 0 N–H and O–H groups in total. The van der Waals surface area contributed by atoms with E-state index in [9.17, 15) is 0 Å². The molecule has 8 heavy (non-hydrogen) atoms. The molecule has 2 nitrogen and oxygen atoms in total. The maximum Gasteiger partial charge on any atom is 0.136 e. The van der Waals surface area contributed by atoms with Crippen LogP contribution in [0.5, 0.6) is 0 Å². The summed E-state index contributed by atoms with van der Waals surface area (Å²) < 4.78 is 10.3. The molecule has 1 aliphatic heterocycles. The molecule has 0 aromatic heterocycles. The number of hydrogen-bond acceptors (Lipinski definition) is 4. The third-order valence-corrected chi connectivity index (χ3v) is 2.12. The average Bonchev–Trinajstić information content (AvgIpc) is 1.90. The molecule has 0 aromatic carbocycles. The van der Waals surface area contributed by atoms with Crippen molar-refractivity contribution in [2.24, 2.45) is 0 Å². The molecule has 0 spiro atoms. The number of ether oxygens (including phenoxy) is 2. The zero-order valence-electron chi connectivity index (χ0n) is 4.37. The van der Waals surface area contributed by atoms with Gasteiger partial charge in [-0.25, -0.2) is 0 Å². The maximum atomic E-state index is 5.19. The van der Waals surface area contributed by atoms with Crippen LogP contribution < -0.4 is 0 Å². The predicted molar refractivity (Wildman–Crippen MR) is 37.1 cm³/mol. The summed E-state index contributed by atoms with van der Waals surface area (Å²) in [4.78, 5) is 0. The van der Waals surface area contributed by atoms with E-state index in [-0.39, 0.29) is 5.44 Å². The van der Waals surface area contributed by atoms with E-state index in [1.807, 2.05) is 0 Å². The molecule has 1 saturated heterocycles. The summed E-state index contributed by atoms with van der Waals surface area (Å²) >= 11 is 3.98. The van der Waals surface area contributed by atoms with Gasteiger partial charge in [0.15, 0.2) is 0 Å². The van der Waals surface area contributed by atoms with Crippen LogP contribution in [0.2, 0.25) is 0 Å². The lowest BCUT2D eigenvalue weighted by Gasteiger charge is -2.19. The first-order valence-electron chi connectivity index (χ1n) is 2.43. The summed E-state index contributed by atoms with van der Waals surface area (Å²) in [5.74, 6) is 0. The van der Waals surface area contributed by atoms with Crippen molar-refractivity contribution >= 4 is 22.5 Å². The van der Waals surface area contributed by atoms with Crippen molar-refractivity contribution in [1.82, 2.24) is 0 Å². The van der Waals surface area contributed by atoms with Crippen molar-refractivity contribution in [3.8, 4) is 0 Å². The molecule has 0 radical (unpaired) electrons. The van der Waals surface area contributed by atoms with E-state index in [0.717, 1.165) is 6.61 Å². The Morgan fingerprint density at radius 3 is 2.75 bits per heavy atom. The molecule has 4 heteroatoms. The summed E-state index contributed by atoms with van der Waals surface area (Å²) in [7, 11) is 1.39. The predicted octanol–water partition coefficient (Wildman–Crippen LogP) is 0.937. The second kappa shape index (κ2) is 3.61. The third kappa shape index (κ3) is 1.85. The minimum absolute atomic E-state index is 0.145. The molecule has 0 bridgehead atoms. The third-order valence-electron chi connectivity index (χ3n) is 0.903. The highest BCUT2D eigenvalue weighted by Crippen LogP contribution is 2.18. The molecule has 48 valence electrons. The topological polar surface area (TPSA) is 18.5 Å². The van der Waals surface area contributed by atoms with Crippen molar-refractivity contribution in [3.63, 3.8) is 0 Å². The zero-order chi connectivity index (χ0) is 5.82. The minimum Gasteiger partial charge on any atom is -0.375 e. The fourth-order valence-electron chi connectivity index (χ4n) is 0.527. The molecular formula is C4H8O2S2. The van der Waals surface area contributed by atoms with Gasteiger partial charge in [-0.05, 0) is 0 Å². The van der Waals surface area contributed by atoms with E-state index in [1.54, 1.807) is 0 Å². The van der Waals surface area contributed by atoms with Crippen LogP contribution in [0.15, 0.2) is 0 Å². The molecule has 1 heterocycles. The lowest BCUT2D eigenvalue weighted by atomic mass is 10.6. The first kappa shape index (κ1) is 6.74. The van der Waals surface area contributed by atoms with Gasteiger partial charge in [0, 0.05) is 0 Å². The van der Waals surface area contributed by atoms with Crippen molar-refractivity contribution in [3.05, 3.63) is 0 Å². The van der Waals surface area contributed by atoms with Gasteiger partial charge in [0.05, 0.1) is 19.8 Å². The number of rotatable bonds is 1. The van der Waals surface area contributed by atoms with Crippen LogP contribution >= 0.6 is 22.5 Å². The van der Waals surface area contributed by atoms with E-state index in [0.29, 0.717) is 13.2 Å². The van der Waals surface area contributed by atoms with Crippen molar-refractivity contribution in [2.75, 3.05) is 19.8 Å². The van der Waals surface area contributed by atoms with Gasteiger partial charge in [0.25, 0.3) is 0 Å². The highest BCUT2D eigenvalue weighted by molar-refractivity contribution is 8.68. The fourth-order valence-corrected chi connectivity index (χ4v) is 1.21. The van der Waals surface area contributed by atoms with E-state index in [1.165, 1.54) is 10.8 Å². The standard InChI is InChI=1S/C4H8O2S2/c7-8-4-3-5-1-2-6-4/h4,7H,1-3H2. The molecule has 1 fully saturated rings. The van der Waals surface area contributed by atoms with Crippen molar-refractivity contribution in [2.45, 2.75) is 5.44 Å². The maximum absolute atomic E-state index is 5.19. The molecule has 0 saturated carbocycles. The van der Waals surface area contributed by atoms with Gasteiger partial charge in [-0.1, -0.05) is 10.8 Å². The van der Waals surface area contributed by atoms with Crippen molar-refractivity contribution < 1.29 is 9.47 Å². The highest BCUT2D eigenvalue weighted by Gasteiger charge is 2.11. The molecule has 0 aliphatic carbocycles. The summed E-state index contributed by atoms with van der Waals surface area (Å²) in [5.41, 5.74) is 0.145. The summed E-state index contributed by atoms with van der Waals surface area (Å²) in [6.45, 7) is 2.11. The summed E-state index contributed by atoms with van der Waals surface area (Å²) in [6.07, 6.45) is 0. The van der Waals surface area contributed by atoms with Gasteiger partial charge in [-0.2, -0.15) is 0 Å².